The molecule has 2 aromatic rings. The Hall–Kier alpha value is -2.45. The number of sulfonamides is 1. The Morgan fingerprint density at radius 1 is 1.09 bits per heavy atom. The molecule has 0 spiro atoms. The number of nitrogens with one attached hydrogen (secondary N) is 1. The highest BCUT2D eigenvalue weighted by molar-refractivity contribution is 7.89. The van der Waals surface area contributed by atoms with Gasteiger partial charge in [-0.3, -0.25) is 9.59 Å². The highest BCUT2D eigenvalue weighted by atomic mass is 32.2. The van der Waals surface area contributed by atoms with Crippen molar-refractivity contribution >= 4 is 32.6 Å². The molecule has 3 unspecified atom stereocenters. The summed E-state index contributed by atoms with van der Waals surface area (Å²) in [4.78, 5) is 29.7. The molecule has 1 saturated carbocycles. The fourth-order valence-electron chi connectivity index (χ4n) is 4.46. The van der Waals surface area contributed by atoms with Crippen LogP contribution in [0.15, 0.2) is 47.4 Å². The van der Waals surface area contributed by atoms with Crippen LogP contribution in [0.1, 0.15) is 40.0 Å². The van der Waals surface area contributed by atoms with Crippen molar-refractivity contribution in [3.63, 3.8) is 0 Å². The number of carbonyl (C=O) groups excluding carboxylic acids is 2. The normalized spacial score (nSPS) is 21.1. The third-order valence-electron chi connectivity index (χ3n) is 6.94. The van der Waals surface area contributed by atoms with Gasteiger partial charge in [-0.1, -0.05) is 50.6 Å². The predicted molar refractivity (Wildman–Crippen MR) is 128 cm³/mol. The molecule has 2 aliphatic rings. The van der Waals surface area contributed by atoms with Crippen molar-refractivity contribution in [2.24, 2.45) is 11.8 Å². The van der Waals surface area contributed by atoms with Crippen molar-refractivity contribution in [1.29, 1.82) is 0 Å². The summed E-state index contributed by atoms with van der Waals surface area (Å²) in [5.41, 5.74) is 0. The SMILES string of the molecule is CCC(C)C(NS(=O)(=O)c1ccc2ccccc2c1)C(=O)N1CCN(C(=O)C2CC2)C(C)C1. The molecule has 1 saturated heterocycles. The maximum absolute atomic E-state index is 13.5. The van der Waals surface area contributed by atoms with E-state index in [9.17, 15) is 18.0 Å². The Morgan fingerprint density at radius 3 is 2.42 bits per heavy atom. The second kappa shape index (κ2) is 9.43. The molecule has 4 rings (SSSR count). The van der Waals surface area contributed by atoms with Crippen LogP contribution in [0.3, 0.4) is 0 Å². The second-order valence-electron chi connectivity index (χ2n) is 9.43. The maximum atomic E-state index is 13.5. The van der Waals surface area contributed by atoms with E-state index in [0.717, 1.165) is 23.6 Å². The molecular formula is C25H33N3O4S. The molecule has 3 atom stereocenters. The van der Waals surface area contributed by atoms with Gasteiger partial charge < -0.3 is 9.80 Å². The number of rotatable bonds is 7. The van der Waals surface area contributed by atoms with Crippen molar-refractivity contribution < 1.29 is 18.0 Å². The van der Waals surface area contributed by atoms with Crippen molar-refractivity contribution in [1.82, 2.24) is 14.5 Å². The molecule has 1 heterocycles. The topological polar surface area (TPSA) is 86.8 Å². The van der Waals surface area contributed by atoms with Gasteiger partial charge in [0.25, 0.3) is 0 Å². The highest BCUT2D eigenvalue weighted by Gasteiger charge is 2.40. The minimum atomic E-state index is -3.89. The van der Waals surface area contributed by atoms with E-state index in [4.69, 9.17) is 0 Å². The predicted octanol–water partition coefficient (Wildman–Crippen LogP) is 3.00. The zero-order chi connectivity index (χ0) is 23.8. The Morgan fingerprint density at radius 2 is 1.79 bits per heavy atom. The van der Waals surface area contributed by atoms with Gasteiger partial charge >= 0.3 is 0 Å². The molecule has 0 radical (unpaired) electrons. The number of nitrogens with zero attached hydrogens (tertiary/aromatic N) is 2. The summed E-state index contributed by atoms with van der Waals surface area (Å²) in [6, 6.07) is 11.6. The smallest absolute Gasteiger partial charge is 0.241 e. The van der Waals surface area contributed by atoms with E-state index in [2.05, 4.69) is 4.72 Å². The number of benzene rings is 2. The Kier molecular flexibility index (Phi) is 6.77. The summed E-state index contributed by atoms with van der Waals surface area (Å²) in [5, 5.41) is 1.79. The van der Waals surface area contributed by atoms with Crippen LogP contribution >= 0.6 is 0 Å². The molecule has 2 fully saturated rings. The zero-order valence-electron chi connectivity index (χ0n) is 19.5. The summed E-state index contributed by atoms with van der Waals surface area (Å²) in [7, 11) is -3.89. The summed E-state index contributed by atoms with van der Waals surface area (Å²) >= 11 is 0. The molecule has 2 aromatic carbocycles. The molecule has 7 nitrogen and oxygen atoms in total. The number of hydrogen-bond acceptors (Lipinski definition) is 4. The van der Waals surface area contributed by atoms with Gasteiger partial charge in [0, 0.05) is 31.6 Å². The van der Waals surface area contributed by atoms with Gasteiger partial charge in [-0.05, 0) is 48.6 Å². The Bertz CT molecular complexity index is 1150. The number of piperazine rings is 1. The molecule has 33 heavy (non-hydrogen) atoms. The Balaban J connectivity index is 1.51. The van der Waals surface area contributed by atoms with Crippen LogP contribution in [-0.2, 0) is 19.6 Å². The van der Waals surface area contributed by atoms with Gasteiger partial charge in [0.05, 0.1) is 4.90 Å². The molecule has 0 bridgehead atoms. The standard InChI is InChI=1S/C25H33N3O4S/c1-4-17(2)23(25(30)27-13-14-28(18(3)16-27)24(29)20-9-10-20)26-33(31,32)22-12-11-19-7-5-6-8-21(19)15-22/h5-8,11-12,15,17-18,20,23,26H,4,9-10,13-14,16H2,1-3H3. The fraction of sp³-hybridized carbons (Fsp3) is 0.520. The number of fused-ring (bicyclic) bond motifs is 1. The monoisotopic (exact) mass is 471 g/mol. The van der Waals surface area contributed by atoms with Gasteiger partial charge in [-0.15, -0.1) is 0 Å². The lowest BCUT2D eigenvalue weighted by atomic mass is 9.98. The van der Waals surface area contributed by atoms with E-state index >= 15 is 0 Å². The molecule has 1 aliphatic heterocycles. The van der Waals surface area contributed by atoms with Gasteiger partial charge in [0.1, 0.15) is 6.04 Å². The van der Waals surface area contributed by atoms with Crippen LogP contribution in [-0.4, -0.2) is 61.7 Å². The van der Waals surface area contributed by atoms with Crippen molar-refractivity contribution in [2.45, 2.75) is 57.0 Å². The van der Waals surface area contributed by atoms with E-state index < -0.39 is 16.1 Å². The molecular weight excluding hydrogens is 438 g/mol. The van der Waals surface area contributed by atoms with Crippen LogP contribution in [0.4, 0.5) is 0 Å². The lowest BCUT2D eigenvalue weighted by Gasteiger charge is -2.41. The lowest BCUT2D eigenvalue weighted by molar-refractivity contribution is -0.144. The van der Waals surface area contributed by atoms with Gasteiger partial charge in [0.15, 0.2) is 0 Å². The average Bonchev–Trinajstić information content (AvgIpc) is 3.66. The van der Waals surface area contributed by atoms with Crippen LogP contribution in [0.25, 0.3) is 10.8 Å². The number of carbonyl (C=O) groups is 2. The molecule has 8 heteroatoms. The van der Waals surface area contributed by atoms with Crippen LogP contribution in [0, 0.1) is 11.8 Å². The summed E-state index contributed by atoms with van der Waals surface area (Å²) < 4.78 is 29.2. The van der Waals surface area contributed by atoms with E-state index in [1.807, 2.05) is 49.9 Å². The average molecular weight is 472 g/mol. The van der Waals surface area contributed by atoms with E-state index in [1.165, 1.54) is 0 Å². The summed E-state index contributed by atoms with van der Waals surface area (Å²) in [6.07, 6.45) is 2.57. The first-order valence-electron chi connectivity index (χ1n) is 11.8. The van der Waals surface area contributed by atoms with Gasteiger partial charge in [0.2, 0.25) is 21.8 Å². The molecule has 2 amide bonds. The first-order chi connectivity index (χ1) is 15.7. The van der Waals surface area contributed by atoms with Crippen molar-refractivity contribution in [2.75, 3.05) is 19.6 Å². The first-order valence-corrected chi connectivity index (χ1v) is 13.3. The third-order valence-corrected chi connectivity index (χ3v) is 8.38. The van der Waals surface area contributed by atoms with E-state index in [1.54, 1.807) is 23.1 Å². The second-order valence-corrected chi connectivity index (χ2v) is 11.1. The minimum absolute atomic E-state index is 0.0783. The number of amides is 2. The van der Waals surface area contributed by atoms with E-state index in [-0.39, 0.29) is 34.6 Å². The molecule has 1 N–H and O–H groups in total. The minimum Gasteiger partial charge on any atom is -0.337 e. The molecule has 178 valence electrons. The van der Waals surface area contributed by atoms with Crippen LogP contribution < -0.4 is 4.72 Å². The van der Waals surface area contributed by atoms with Crippen molar-refractivity contribution in [3.05, 3.63) is 42.5 Å². The maximum Gasteiger partial charge on any atom is 0.241 e. The summed E-state index contributed by atoms with van der Waals surface area (Å²) in [6.45, 7) is 7.13. The Labute approximate surface area is 196 Å². The van der Waals surface area contributed by atoms with Crippen molar-refractivity contribution in [3.8, 4) is 0 Å². The summed E-state index contributed by atoms with van der Waals surface area (Å²) in [5.74, 6) is -0.0605. The lowest BCUT2D eigenvalue weighted by Crippen LogP contribution is -2.60. The quantitative estimate of drug-likeness (QED) is 0.673. The van der Waals surface area contributed by atoms with Crippen LogP contribution in [0.5, 0.6) is 0 Å². The first kappa shape index (κ1) is 23.7. The third kappa shape index (κ3) is 5.06. The zero-order valence-corrected chi connectivity index (χ0v) is 20.3. The molecule has 0 aromatic heterocycles. The number of hydrogen-bond donors (Lipinski definition) is 1. The largest absolute Gasteiger partial charge is 0.337 e. The van der Waals surface area contributed by atoms with Gasteiger partial charge in [-0.2, -0.15) is 4.72 Å². The van der Waals surface area contributed by atoms with Crippen LogP contribution in [0.2, 0.25) is 0 Å². The fourth-order valence-corrected chi connectivity index (χ4v) is 5.79. The van der Waals surface area contributed by atoms with E-state index in [0.29, 0.717) is 26.1 Å². The van der Waals surface area contributed by atoms with Gasteiger partial charge in [-0.25, -0.2) is 8.42 Å². The highest BCUT2D eigenvalue weighted by Crippen LogP contribution is 2.32. The molecule has 1 aliphatic carbocycles.